The van der Waals surface area contributed by atoms with Crippen LogP contribution in [0, 0.1) is 11.6 Å². The first-order valence-corrected chi connectivity index (χ1v) is 6.84. The fourth-order valence-corrected chi connectivity index (χ4v) is 3.43. The highest BCUT2D eigenvalue weighted by Crippen LogP contribution is 2.27. The van der Waals surface area contributed by atoms with E-state index < -0.39 is 26.6 Å². The second-order valence-corrected chi connectivity index (χ2v) is 5.72. The van der Waals surface area contributed by atoms with E-state index in [-0.39, 0.29) is 10.4 Å². The molecule has 1 heterocycles. The smallest absolute Gasteiger partial charge is 0.268 e. The summed E-state index contributed by atoms with van der Waals surface area (Å²) in [6.07, 6.45) is 2.72. The Kier molecular flexibility index (Phi) is 3.35. The summed E-state index contributed by atoms with van der Waals surface area (Å²) in [7, 11) is -4.19. The first kappa shape index (κ1) is 13.0. The highest BCUT2D eigenvalue weighted by atomic mass is 79.9. The van der Waals surface area contributed by atoms with Crippen molar-refractivity contribution in [3.8, 4) is 0 Å². The van der Waals surface area contributed by atoms with Gasteiger partial charge < -0.3 is 4.98 Å². The van der Waals surface area contributed by atoms with Crippen LogP contribution in [0.3, 0.4) is 0 Å². The van der Waals surface area contributed by atoms with Gasteiger partial charge in [0.1, 0.15) is 16.5 Å². The highest BCUT2D eigenvalue weighted by molar-refractivity contribution is 9.10. The number of nitrogens with one attached hydrogen (secondary N) is 2. The van der Waals surface area contributed by atoms with E-state index in [0.29, 0.717) is 6.07 Å². The van der Waals surface area contributed by atoms with Gasteiger partial charge >= 0.3 is 0 Å². The summed E-state index contributed by atoms with van der Waals surface area (Å²) in [5.41, 5.74) is 0. The monoisotopic (exact) mass is 337 g/mol. The van der Waals surface area contributed by atoms with Crippen LogP contribution in [0.2, 0.25) is 0 Å². The van der Waals surface area contributed by atoms with E-state index in [1.807, 2.05) is 4.72 Å². The SMILES string of the molecule is O=S(=O)(Nc1ncc[nH]1)c1c(F)cc(F)cc1Br. The van der Waals surface area contributed by atoms with E-state index in [2.05, 4.69) is 25.9 Å². The van der Waals surface area contributed by atoms with Crippen molar-refractivity contribution in [2.24, 2.45) is 0 Å². The number of benzene rings is 1. The zero-order chi connectivity index (χ0) is 13.3. The van der Waals surface area contributed by atoms with Crippen LogP contribution in [-0.4, -0.2) is 18.4 Å². The van der Waals surface area contributed by atoms with Gasteiger partial charge in [-0.05, 0) is 22.0 Å². The van der Waals surface area contributed by atoms with Gasteiger partial charge in [0.2, 0.25) is 5.95 Å². The number of hydrogen-bond donors (Lipinski definition) is 2. The first-order valence-electron chi connectivity index (χ1n) is 4.57. The standard InChI is InChI=1S/C9H6BrF2N3O2S/c10-6-3-5(11)4-7(12)8(6)18(16,17)15-9-13-1-2-14-9/h1-4H,(H2,13,14,15). The molecule has 18 heavy (non-hydrogen) atoms. The van der Waals surface area contributed by atoms with Crippen molar-refractivity contribution in [2.45, 2.75) is 4.90 Å². The number of hydrogen-bond acceptors (Lipinski definition) is 3. The minimum absolute atomic E-state index is 0.0642. The van der Waals surface area contributed by atoms with Gasteiger partial charge in [-0.25, -0.2) is 26.9 Å². The molecular weight excluding hydrogens is 332 g/mol. The average Bonchev–Trinajstić information content (AvgIpc) is 2.66. The van der Waals surface area contributed by atoms with Crippen molar-refractivity contribution >= 4 is 31.9 Å². The Bertz CT molecular complexity index is 650. The third-order valence-electron chi connectivity index (χ3n) is 1.96. The van der Waals surface area contributed by atoms with Crippen molar-refractivity contribution < 1.29 is 17.2 Å². The van der Waals surface area contributed by atoms with Gasteiger partial charge in [0, 0.05) is 22.9 Å². The molecule has 0 spiro atoms. The summed E-state index contributed by atoms with van der Waals surface area (Å²) in [4.78, 5) is 5.47. The van der Waals surface area contributed by atoms with Crippen LogP contribution < -0.4 is 4.72 Å². The highest BCUT2D eigenvalue weighted by Gasteiger charge is 2.24. The number of halogens is 3. The molecule has 2 aromatic rings. The summed E-state index contributed by atoms with van der Waals surface area (Å²) in [6, 6.07) is 1.35. The molecule has 0 unspecified atom stereocenters. The molecule has 2 N–H and O–H groups in total. The Morgan fingerprint density at radius 1 is 1.33 bits per heavy atom. The van der Waals surface area contributed by atoms with E-state index in [1.54, 1.807) is 0 Å². The van der Waals surface area contributed by atoms with Gasteiger partial charge in [0.05, 0.1) is 0 Å². The first-order chi connectivity index (χ1) is 8.40. The van der Waals surface area contributed by atoms with Gasteiger partial charge in [-0.1, -0.05) is 0 Å². The zero-order valence-electron chi connectivity index (χ0n) is 8.62. The van der Waals surface area contributed by atoms with Crippen LogP contribution in [0.5, 0.6) is 0 Å². The predicted molar refractivity (Wildman–Crippen MR) is 63.5 cm³/mol. The normalized spacial score (nSPS) is 11.5. The molecular formula is C9H6BrF2N3O2S. The molecule has 0 saturated carbocycles. The van der Waals surface area contributed by atoms with Gasteiger partial charge in [-0.3, -0.25) is 0 Å². The maximum Gasteiger partial charge on any atom is 0.268 e. The zero-order valence-corrected chi connectivity index (χ0v) is 11.0. The van der Waals surface area contributed by atoms with Crippen molar-refractivity contribution in [3.63, 3.8) is 0 Å². The van der Waals surface area contributed by atoms with Crippen molar-refractivity contribution in [1.82, 2.24) is 9.97 Å². The second-order valence-electron chi connectivity index (χ2n) is 3.24. The largest absolute Gasteiger partial charge is 0.330 e. The lowest BCUT2D eigenvalue weighted by molar-refractivity contribution is 0.548. The van der Waals surface area contributed by atoms with Crippen LogP contribution in [0.15, 0.2) is 33.9 Å². The number of sulfonamides is 1. The Balaban J connectivity index is 2.48. The molecule has 0 amide bonds. The number of imidazole rings is 1. The second kappa shape index (κ2) is 4.65. The molecule has 0 radical (unpaired) electrons. The molecule has 0 atom stereocenters. The lowest BCUT2D eigenvalue weighted by Gasteiger charge is -2.08. The van der Waals surface area contributed by atoms with Crippen molar-refractivity contribution in [1.29, 1.82) is 0 Å². The maximum atomic E-state index is 13.5. The van der Waals surface area contributed by atoms with Crippen LogP contribution in [0.4, 0.5) is 14.7 Å². The van der Waals surface area contributed by atoms with E-state index in [9.17, 15) is 17.2 Å². The average molecular weight is 338 g/mol. The quantitative estimate of drug-likeness (QED) is 0.901. The van der Waals surface area contributed by atoms with E-state index in [0.717, 1.165) is 6.07 Å². The maximum absolute atomic E-state index is 13.5. The van der Waals surface area contributed by atoms with Gasteiger partial charge in [0.25, 0.3) is 10.0 Å². The van der Waals surface area contributed by atoms with Gasteiger partial charge in [-0.2, -0.15) is 0 Å². The number of aromatic nitrogens is 2. The summed E-state index contributed by atoms with van der Waals surface area (Å²) >= 11 is 2.81. The van der Waals surface area contributed by atoms with Crippen LogP contribution >= 0.6 is 15.9 Å². The van der Waals surface area contributed by atoms with Crippen molar-refractivity contribution in [3.05, 3.63) is 40.6 Å². The molecule has 0 aliphatic carbocycles. The van der Waals surface area contributed by atoms with Crippen LogP contribution in [0.25, 0.3) is 0 Å². The molecule has 96 valence electrons. The van der Waals surface area contributed by atoms with E-state index >= 15 is 0 Å². The molecule has 1 aromatic heterocycles. The molecule has 0 aliphatic rings. The third kappa shape index (κ3) is 2.51. The Morgan fingerprint density at radius 2 is 2.06 bits per heavy atom. The minimum Gasteiger partial charge on any atom is -0.330 e. The third-order valence-corrected chi connectivity index (χ3v) is 4.26. The summed E-state index contributed by atoms with van der Waals surface area (Å²) in [6.45, 7) is 0. The molecule has 9 heteroatoms. The van der Waals surface area contributed by atoms with Crippen LogP contribution in [-0.2, 0) is 10.0 Å². The molecule has 0 saturated heterocycles. The van der Waals surface area contributed by atoms with Gasteiger partial charge in [-0.15, -0.1) is 0 Å². The lowest BCUT2D eigenvalue weighted by atomic mass is 10.3. The van der Waals surface area contributed by atoms with E-state index in [4.69, 9.17) is 0 Å². The van der Waals surface area contributed by atoms with Gasteiger partial charge in [0.15, 0.2) is 0 Å². The summed E-state index contributed by atoms with van der Waals surface area (Å²) < 4.78 is 52.0. The molecule has 1 aromatic carbocycles. The number of anilines is 1. The Labute approximate surface area is 109 Å². The minimum atomic E-state index is -4.19. The number of nitrogens with zero attached hydrogens (tertiary/aromatic N) is 1. The number of H-pyrrole nitrogens is 1. The fraction of sp³-hybridized carbons (Fsp3) is 0. The molecule has 0 bridgehead atoms. The van der Waals surface area contributed by atoms with Crippen molar-refractivity contribution in [2.75, 3.05) is 4.72 Å². The molecule has 0 fully saturated rings. The Hall–Kier alpha value is -1.48. The fourth-order valence-electron chi connectivity index (χ4n) is 1.29. The topological polar surface area (TPSA) is 74.8 Å². The number of aromatic amines is 1. The van der Waals surface area contributed by atoms with E-state index in [1.165, 1.54) is 12.4 Å². The lowest BCUT2D eigenvalue weighted by Crippen LogP contribution is -2.16. The number of rotatable bonds is 3. The summed E-state index contributed by atoms with van der Waals surface area (Å²) in [5, 5.41) is 0. The molecule has 0 aliphatic heterocycles. The van der Waals surface area contributed by atoms with Crippen LogP contribution in [0.1, 0.15) is 0 Å². The predicted octanol–water partition coefficient (Wildman–Crippen LogP) is 2.25. The molecule has 2 rings (SSSR count). The molecule has 5 nitrogen and oxygen atoms in total. The summed E-state index contributed by atoms with van der Waals surface area (Å²) in [5.74, 6) is -2.14. The Morgan fingerprint density at radius 3 is 2.61 bits per heavy atom.